The van der Waals surface area contributed by atoms with E-state index in [0.717, 1.165) is 17.2 Å². The van der Waals surface area contributed by atoms with Crippen molar-refractivity contribution >= 4 is 5.69 Å². The molecule has 0 amide bonds. The highest BCUT2D eigenvalue weighted by atomic mass is 14.9. The van der Waals surface area contributed by atoms with Crippen LogP contribution in [0.3, 0.4) is 0 Å². The predicted molar refractivity (Wildman–Crippen MR) is 64.8 cm³/mol. The Balaban J connectivity index is 2.02. The van der Waals surface area contributed by atoms with E-state index in [4.69, 9.17) is 6.42 Å². The quantitative estimate of drug-likeness (QED) is 0.721. The Kier molecular flexibility index (Phi) is 2.97. The van der Waals surface area contributed by atoms with Crippen molar-refractivity contribution in [2.75, 3.05) is 5.32 Å². The average Bonchev–Trinajstić information content (AvgIpc) is 2.64. The maximum absolute atomic E-state index is 5.37. The summed E-state index contributed by atoms with van der Waals surface area (Å²) in [4.78, 5) is 0. The molecule has 1 aliphatic carbocycles. The summed E-state index contributed by atoms with van der Waals surface area (Å²) >= 11 is 0. The molecule has 1 saturated carbocycles. The molecule has 1 aliphatic rings. The molecule has 1 aromatic carbocycles. The van der Waals surface area contributed by atoms with Gasteiger partial charge in [0.15, 0.2) is 0 Å². The van der Waals surface area contributed by atoms with Gasteiger partial charge >= 0.3 is 0 Å². The van der Waals surface area contributed by atoms with Gasteiger partial charge in [-0.15, -0.1) is 6.42 Å². The smallest absolute Gasteiger partial charge is 0.0354 e. The number of rotatable bonds is 2. The first-order chi connectivity index (χ1) is 7.28. The lowest BCUT2D eigenvalue weighted by Gasteiger charge is -2.14. The van der Waals surface area contributed by atoms with Gasteiger partial charge in [-0.05, 0) is 43.4 Å². The lowest BCUT2D eigenvalue weighted by atomic mass is 10.1. The summed E-state index contributed by atoms with van der Waals surface area (Å²) in [5, 5.41) is 3.55. The molecular weight excluding hydrogens is 182 g/mol. The van der Waals surface area contributed by atoms with E-state index in [1.165, 1.54) is 19.3 Å². The third-order valence-electron chi connectivity index (χ3n) is 3.09. The van der Waals surface area contributed by atoms with Gasteiger partial charge < -0.3 is 5.32 Å². The molecule has 1 nitrogen and oxygen atoms in total. The number of hydrogen-bond acceptors (Lipinski definition) is 1. The molecule has 0 saturated heterocycles. The predicted octanol–water partition coefficient (Wildman–Crippen LogP) is 3.27. The minimum absolute atomic E-state index is 0.632. The minimum atomic E-state index is 0.632. The van der Waals surface area contributed by atoms with E-state index in [-0.39, 0.29) is 0 Å². The molecule has 0 aliphatic heterocycles. The number of nitrogens with one attached hydrogen (secondary N) is 1. The molecule has 0 spiro atoms. The van der Waals surface area contributed by atoms with Crippen molar-refractivity contribution in [2.24, 2.45) is 5.92 Å². The third-order valence-corrected chi connectivity index (χ3v) is 3.09. The third kappa shape index (κ3) is 2.53. The van der Waals surface area contributed by atoms with Gasteiger partial charge in [-0.2, -0.15) is 0 Å². The number of benzene rings is 1. The van der Waals surface area contributed by atoms with Gasteiger partial charge in [0, 0.05) is 17.3 Å². The summed E-state index contributed by atoms with van der Waals surface area (Å²) in [7, 11) is 0. The molecule has 1 heteroatoms. The molecule has 0 bridgehead atoms. The fourth-order valence-corrected chi connectivity index (χ4v) is 2.27. The maximum atomic E-state index is 5.37. The summed E-state index contributed by atoms with van der Waals surface area (Å²) in [6.45, 7) is 2.32. The Morgan fingerprint density at radius 1 is 1.40 bits per heavy atom. The Morgan fingerprint density at radius 2 is 2.27 bits per heavy atom. The van der Waals surface area contributed by atoms with Gasteiger partial charge in [0.1, 0.15) is 0 Å². The highest BCUT2D eigenvalue weighted by Gasteiger charge is 2.20. The Morgan fingerprint density at radius 3 is 2.93 bits per heavy atom. The van der Waals surface area contributed by atoms with Gasteiger partial charge in [-0.3, -0.25) is 0 Å². The van der Waals surface area contributed by atoms with Gasteiger partial charge in [-0.25, -0.2) is 0 Å². The van der Waals surface area contributed by atoms with Crippen molar-refractivity contribution in [3.8, 4) is 12.3 Å². The molecule has 1 aromatic rings. The molecule has 1 fully saturated rings. The average molecular weight is 199 g/mol. The first kappa shape index (κ1) is 10.1. The van der Waals surface area contributed by atoms with Crippen LogP contribution in [0.4, 0.5) is 5.69 Å². The van der Waals surface area contributed by atoms with E-state index in [1.54, 1.807) is 0 Å². The van der Waals surface area contributed by atoms with E-state index in [2.05, 4.69) is 24.2 Å². The van der Waals surface area contributed by atoms with Crippen LogP contribution in [0, 0.1) is 18.3 Å². The van der Waals surface area contributed by atoms with Crippen molar-refractivity contribution < 1.29 is 0 Å². The van der Waals surface area contributed by atoms with Crippen molar-refractivity contribution in [1.82, 2.24) is 0 Å². The van der Waals surface area contributed by atoms with Crippen LogP contribution in [0.15, 0.2) is 24.3 Å². The van der Waals surface area contributed by atoms with Crippen LogP contribution in [0.25, 0.3) is 0 Å². The van der Waals surface area contributed by atoms with Crippen molar-refractivity contribution in [3.63, 3.8) is 0 Å². The van der Waals surface area contributed by atoms with Crippen LogP contribution in [-0.4, -0.2) is 6.04 Å². The largest absolute Gasteiger partial charge is 0.382 e. The molecule has 0 radical (unpaired) electrons. The Hall–Kier alpha value is -1.42. The van der Waals surface area contributed by atoms with Crippen molar-refractivity contribution in [2.45, 2.75) is 32.2 Å². The summed E-state index contributed by atoms with van der Waals surface area (Å²) in [6, 6.07) is 8.73. The summed E-state index contributed by atoms with van der Waals surface area (Å²) in [6.07, 6.45) is 9.27. The Labute approximate surface area is 91.9 Å². The molecule has 15 heavy (non-hydrogen) atoms. The fourth-order valence-electron chi connectivity index (χ4n) is 2.27. The van der Waals surface area contributed by atoms with Crippen LogP contribution in [0.5, 0.6) is 0 Å². The minimum Gasteiger partial charge on any atom is -0.382 e. The number of terminal acetylenes is 1. The van der Waals surface area contributed by atoms with E-state index in [1.807, 2.05) is 18.2 Å². The van der Waals surface area contributed by atoms with E-state index < -0.39 is 0 Å². The second-order valence-corrected chi connectivity index (χ2v) is 4.48. The van der Waals surface area contributed by atoms with E-state index in [0.29, 0.717) is 6.04 Å². The van der Waals surface area contributed by atoms with Gasteiger partial charge in [0.05, 0.1) is 0 Å². The number of hydrogen-bond donors (Lipinski definition) is 1. The Bertz CT molecular complexity index is 375. The van der Waals surface area contributed by atoms with Gasteiger partial charge in [-0.1, -0.05) is 18.9 Å². The molecule has 78 valence electrons. The normalized spacial score (nSPS) is 24.8. The maximum Gasteiger partial charge on any atom is 0.0354 e. The molecule has 2 rings (SSSR count). The molecule has 0 heterocycles. The molecule has 0 aromatic heterocycles. The van der Waals surface area contributed by atoms with Crippen LogP contribution in [0.1, 0.15) is 31.7 Å². The zero-order chi connectivity index (χ0) is 10.7. The zero-order valence-corrected chi connectivity index (χ0v) is 9.16. The highest BCUT2D eigenvalue weighted by Crippen LogP contribution is 2.27. The molecular formula is C14H17N. The van der Waals surface area contributed by atoms with E-state index >= 15 is 0 Å². The second kappa shape index (κ2) is 4.40. The lowest BCUT2D eigenvalue weighted by Crippen LogP contribution is -2.15. The molecule has 0 unspecified atom stereocenters. The lowest BCUT2D eigenvalue weighted by molar-refractivity contribution is 0.602. The topological polar surface area (TPSA) is 12.0 Å². The van der Waals surface area contributed by atoms with Crippen LogP contribution in [-0.2, 0) is 0 Å². The summed E-state index contributed by atoms with van der Waals surface area (Å²) in [5.41, 5.74) is 2.11. The monoisotopic (exact) mass is 199 g/mol. The van der Waals surface area contributed by atoms with Gasteiger partial charge in [0.25, 0.3) is 0 Å². The highest BCUT2D eigenvalue weighted by molar-refractivity contribution is 5.50. The van der Waals surface area contributed by atoms with Crippen LogP contribution in [0.2, 0.25) is 0 Å². The van der Waals surface area contributed by atoms with Crippen LogP contribution >= 0.6 is 0 Å². The van der Waals surface area contributed by atoms with Crippen LogP contribution < -0.4 is 5.32 Å². The summed E-state index contributed by atoms with van der Waals surface area (Å²) < 4.78 is 0. The van der Waals surface area contributed by atoms with Gasteiger partial charge in [0.2, 0.25) is 0 Å². The zero-order valence-electron chi connectivity index (χ0n) is 9.16. The van der Waals surface area contributed by atoms with E-state index in [9.17, 15) is 0 Å². The van der Waals surface area contributed by atoms with Crippen molar-refractivity contribution in [3.05, 3.63) is 29.8 Å². The second-order valence-electron chi connectivity index (χ2n) is 4.48. The first-order valence-electron chi connectivity index (χ1n) is 5.61. The number of anilines is 1. The first-order valence-corrected chi connectivity index (χ1v) is 5.61. The standard InChI is InChI=1S/C14H17N/c1-3-12-5-4-6-13(10-12)15-14-8-7-11(2)9-14/h1,4-6,10-11,14-15H,7-9H2,2H3/t11-,14-/m0/s1. The summed E-state index contributed by atoms with van der Waals surface area (Å²) in [5.74, 6) is 3.52. The molecule has 1 N–H and O–H groups in total. The molecule has 2 atom stereocenters. The fraction of sp³-hybridized carbons (Fsp3) is 0.429. The SMILES string of the molecule is C#Cc1cccc(N[C@H]2CC[C@H](C)C2)c1. The van der Waals surface area contributed by atoms with Crippen molar-refractivity contribution in [1.29, 1.82) is 0 Å².